The van der Waals surface area contributed by atoms with E-state index in [-0.39, 0.29) is 11.6 Å². The molecule has 0 saturated carbocycles. The summed E-state index contributed by atoms with van der Waals surface area (Å²) in [7, 11) is 0. The van der Waals surface area contributed by atoms with Crippen LogP contribution in [0.4, 0.5) is 14.7 Å². The third-order valence-corrected chi connectivity index (χ3v) is 1.71. The topological polar surface area (TPSA) is 81.8 Å². The van der Waals surface area contributed by atoms with E-state index < -0.39 is 19.1 Å². The first-order valence-corrected chi connectivity index (χ1v) is 4.45. The third kappa shape index (κ3) is 3.40. The van der Waals surface area contributed by atoms with Gasteiger partial charge in [-0.3, -0.25) is 0 Å². The van der Waals surface area contributed by atoms with E-state index in [1.807, 2.05) is 0 Å². The van der Waals surface area contributed by atoms with Crippen molar-refractivity contribution in [3.63, 3.8) is 0 Å². The van der Waals surface area contributed by atoms with Gasteiger partial charge in [-0.05, 0) is 13.0 Å². The van der Waals surface area contributed by atoms with Gasteiger partial charge in [0, 0.05) is 5.69 Å². The number of aliphatic hydroxyl groups is 1. The van der Waals surface area contributed by atoms with Gasteiger partial charge in [-0.25, -0.2) is 18.7 Å². The number of aryl methyl sites for hydroxylation is 1. The second-order valence-corrected chi connectivity index (χ2v) is 3.20. The Morgan fingerprint density at radius 3 is 2.81 bits per heavy atom. The second-order valence-electron chi connectivity index (χ2n) is 3.20. The number of aromatic nitrogens is 2. The van der Waals surface area contributed by atoms with Crippen LogP contribution in [0.1, 0.15) is 11.4 Å². The van der Waals surface area contributed by atoms with Crippen LogP contribution in [0.5, 0.6) is 0 Å². The lowest BCUT2D eigenvalue weighted by atomic mass is 10.3. The number of aliphatic hydroxyl groups excluding tert-OH is 1. The summed E-state index contributed by atoms with van der Waals surface area (Å²) in [4.78, 5) is 7.52. The van der Waals surface area contributed by atoms with Gasteiger partial charge < -0.3 is 10.4 Å². The fourth-order valence-electron chi connectivity index (χ4n) is 0.969. The maximum atomic E-state index is 12.7. The summed E-state index contributed by atoms with van der Waals surface area (Å²) in [6.07, 6.45) is 0. The zero-order valence-electron chi connectivity index (χ0n) is 8.54. The Hall–Kier alpha value is -1.81. The van der Waals surface area contributed by atoms with Gasteiger partial charge in [0.2, 0.25) is 5.95 Å². The smallest absolute Gasteiger partial charge is 0.287 e. The minimum Gasteiger partial charge on any atom is -0.390 e. The van der Waals surface area contributed by atoms with Crippen molar-refractivity contribution in [3.05, 3.63) is 17.5 Å². The number of rotatable bonds is 4. The van der Waals surface area contributed by atoms with Crippen molar-refractivity contribution in [2.24, 2.45) is 0 Å². The lowest BCUT2D eigenvalue weighted by Crippen LogP contribution is -2.31. The van der Waals surface area contributed by atoms with E-state index in [0.717, 1.165) is 0 Å². The van der Waals surface area contributed by atoms with E-state index in [4.69, 9.17) is 10.4 Å². The van der Waals surface area contributed by atoms with Crippen LogP contribution in [0.3, 0.4) is 0 Å². The van der Waals surface area contributed by atoms with Crippen molar-refractivity contribution in [1.82, 2.24) is 9.97 Å². The van der Waals surface area contributed by atoms with Crippen molar-refractivity contribution < 1.29 is 13.9 Å². The molecule has 0 aliphatic carbocycles. The van der Waals surface area contributed by atoms with Gasteiger partial charge >= 0.3 is 0 Å². The number of nitrogens with zero attached hydrogens (tertiary/aromatic N) is 3. The summed E-state index contributed by atoms with van der Waals surface area (Å²) in [5.41, 5.74) is 0.601. The Morgan fingerprint density at radius 1 is 1.56 bits per heavy atom. The molecule has 0 unspecified atom stereocenters. The minimum atomic E-state index is -3.24. The van der Waals surface area contributed by atoms with Gasteiger partial charge in [-0.1, -0.05) is 0 Å². The Balaban J connectivity index is 2.75. The van der Waals surface area contributed by atoms with Gasteiger partial charge in [0.05, 0.1) is 6.54 Å². The van der Waals surface area contributed by atoms with Crippen molar-refractivity contribution in [1.29, 1.82) is 5.26 Å². The van der Waals surface area contributed by atoms with Crippen LogP contribution in [0.15, 0.2) is 6.07 Å². The lowest BCUT2D eigenvalue weighted by Gasteiger charge is -2.13. The summed E-state index contributed by atoms with van der Waals surface area (Å²) in [5.74, 6) is -3.29. The van der Waals surface area contributed by atoms with Crippen LogP contribution >= 0.6 is 0 Å². The van der Waals surface area contributed by atoms with Gasteiger partial charge in [0.15, 0.2) is 0 Å². The molecule has 0 aromatic carbocycles. The molecule has 2 N–H and O–H groups in total. The van der Waals surface area contributed by atoms with E-state index in [9.17, 15) is 8.78 Å². The van der Waals surface area contributed by atoms with Gasteiger partial charge in [0.25, 0.3) is 5.92 Å². The van der Waals surface area contributed by atoms with Gasteiger partial charge in [-0.15, -0.1) is 0 Å². The molecular formula is C9H10F2N4O. The Kier molecular flexibility index (Phi) is 3.68. The zero-order chi connectivity index (χ0) is 12.2. The third-order valence-electron chi connectivity index (χ3n) is 1.71. The zero-order valence-corrected chi connectivity index (χ0v) is 8.54. The average molecular weight is 228 g/mol. The molecule has 1 aromatic heterocycles. The van der Waals surface area contributed by atoms with Gasteiger partial charge in [-0.2, -0.15) is 5.26 Å². The molecule has 0 radical (unpaired) electrons. The highest BCUT2D eigenvalue weighted by molar-refractivity contribution is 5.33. The van der Waals surface area contributed by atoms with Crippen LogP contribution in [-0.2, 0) is 0 Å². The molecular weight excluding hydrogens is 218 g/mol. The van der Waals surface area contributed by atoms with Crippen molar-refractivity contribution in [3.8, 4) is 6.07 Å². The number of nitriles is 1. The first-order valence-electron chi connectivity index (χ1n) is 4.45. The van der Waals surface area contributed by atoms with Crippen molar-refractivity contribution >= 4 is 5.95 Å². The molecule has 0 saturated heterocycles. The maximum absolute atomic E-state index is 12.7. The number of hydrogen-bond acceptors (Lipinski definition) is 5. The predicted molar refractivity (Wildman–Crippen MR) is 52.0 cm³/mol. The summed E-state index contributed by atoms with van der Waals surface area (Å²) in [6, 6.07) is 3.23. The molecule has 5 nitrogen and oxygen atoms in total. The molecule has 1 heterocycles. The van der Waals surface area contributed by atoms with Crippen LogP contribution < -0.4 is 5.32 Å². The minimum absolute atomic E-state index is 0.0512. The molecule has 1 aromatic rings. The number of halogens is 2. The molecule has 86 valence electrons. The van der Waals surface area contributed by atoms with Crippen LogP contribution in [0, 0.1) is 18.3 Å². The predicted octanol–water partition coefficient (Wildman–Crippen LogP) is 0.696. The highest BCUT2D eigenvalue weighted by Gasteiger charge is 2.27. The molecule has 16 heavy (non-hydrogen) atoms. The molecule has 0 fully saturated rings. The number of anilines is 1. The number of nitrogens with one attached hydrogen (secondary N) is 1. The molecule has 0 aliphatic heterocycles. The monoisotopic (exact) mass is 228 g/mol. The summed E-state index contributed by atoms with van der Waals surface area (Å²) < 4.78 is 25.4. The van der Waals surface area contributed by atoms with E-state index in [1.54, 1.807) is 13.0 Å². The molecule has 7 heteroatoms. The molecule has 0 aliphatic rings. The van der Waals surface area contributed by atoms with Crippen molar-refractivity contribution in [2.45, 2.75) is 12.8 Å². The van der Waals surface area contributed by atoms with Crippen LogP contribution in [0.2, 0.25) is 0 Å². The highest BCUT2D eigenvalue weighted by atomic mass is 19.3. The van der Waals surface area contributed by atoms with Gasteiger partial charge in [0.1, 0.15) is 18.4 Å². The number of hydrogen-bond donors (Lipinski definition) is 2. The van der Waals surface area contributed by atoms with Crippen LogP contribution in [-0.4, -0.2) is 34.1 Å². The molecule has 0 amide bonds. The fraction of sp³-hybridized carbons (Fsp3) is 0.444. The van der Waals surface area contributed by atoms with Crippen LogP contribution in [0.25, 0.3) is 0 Å². The molecule has 0 atom stereocenters. The Bertz CT molecular complexity index is 416. The highest BCUT2D eigenvalue weighted by Crippen LogP contribution is 2.13. The first kappa shape index (κ1) is 12.3. The van der Waals surface area contributed by atoms with E-state index in [0.29, 0.717) is 5.69 Å². The standard InChI is InChI=1S/C9H10F2N4O/c1-6-2-7(3-12)15-8(14-6)13-4-9(10,11)5-16/h2,16H,4-5H2,1H3,(H,13,14,15). The Morgan fingerprint density at radius 2 is 2.25 bits per heavy atom. The second kappa shape index (κ2) is 4.81. The maximum Gasteiger partial charge on any atom is 0.287 e. The summed E-state index contributed by atoms with van der Waals surface area (Å²) in [6.45, 7) is -0.410. The molecule has 0 bridgehead atoms. The van der Waals surface area contributed by atoms with E-state index in [2.05, 4.69) is 15.3 Å². The number of alkyl halides is 2. The molecule has 0 spiro atoms. The van der Waals surface area contributed by atoms with Crippen molar-refractivity contribution in [2.75, 3.05) is 18.5 Å². The molecule has 1 rings (SSSR count). The average Bonchev–Trinajstić information content (AvgIpc) is 2.26. The van der Waals surface area contributed by atoms with E-state index >= 15 is 0 Å². The SMILES string of the molecule is Cc1cc(C#N)nc(NCC(F)(F)CO)n1. The largest absolute Gasteiger partial charge is 0.390 e. The lowest BCUT2D eigenvalue weighted by molar-refractivity contribution is -0.0374. The fourth-order valence-corrected chi connectivity index (χ4v) is 0.969. The normalized spacial score (nSPS) is 10.9. The summed E-state index contributed by atoms with van der Waals surface area (Å²) >= 11 is 0. The first-order chi connectivity index (χ1) is 7.46. The van der Waals surface area contributed by atoms with E-state index in [1.165, 1.54) is 6.07 Å². The quantitative estimate of drug-likeness (QED) is 0.792. The summed E-state index contributed by atoms with van der Waals surface area (Å²) in [5, 5.41) is 19.2. The Labute approximate surface area is 90.8 Å².